The predicted molar refractivity (Wildman–Crippen MR) is 76.1 cm³/mol. The molecule has 0 bridgehead atoms. The van der Waals surface area contributed by atoms with E-state index in [1.54, 1.807) is 6.92 Å². The molecule has 0 aliphatic carbocycles. The number of hydrogen-bond acceptors (Lipinski definition) is 5. The van der Waals surface area contributed by atoms with E-state index in [2.05, 4.69) is 4.74 Å². The normalized spacial score (nSPS) is 22.7. The van der Waals surface area contributed by atoms with E-state index in [0.29, 0.717) is 19.4 Å². The van der Waals surface area contributed by atoms with Gasteiger partial charge in [-0.1, -0.05) is 19.1 Å². The molecule has 0 amide bonds. The van der Waals surface area contributed by atoms with Crippen LogP contribution in [0.15, 0.2) is 0 Å². The highest BCUT2D eigenvalue weighted by atomic mass is 32.2. The molecular weight excluding hydrogens is 288 g/mol. The summed E-state index contributed by atoms with van der Waals surface area (Å²) in [6.45, 7) is 2.01. The number of piperidine rings is 1. The van der Waals surface area contributed by atoms with E-state index in [4.69, 9.17) is 18.0 Å². The van der Waals surface area contributed by atoms with Crippen LogP contribution in [0.3, 0.4) is 0 Å². The summed E-state index contributed by atoms with van der Waals surface area (Å²) in [5, 5.41) is -0.923. The first kappa shape index (κ1) is 16.3. The van der Waals surface area contributed by atoms with Gasteiger partial charge in [0.05, 0.1) is 12.1 Å². The van der Waals surface area contributed by atoms with E-state index in [9.17, 15) is 13.2 Å². The first-order valence-electron chi connectivity index (χ1n) is 6.24. The van der Waals surface area contributed by atoms with Gasteiger partial charge in [0.25, 0.3) is 0 Å². The molecule has 0 radical (unpaired) electrons. The van der Waals surface area contributed by atoms with Crippen molar-refractivity contribution in [2.24, 2.45) is 5.73 Å². The Labute approximate surface area is 119 Å². The number of hydrogen-bond donors (Lipinski definition) is 1. The fourth-order valence-electron chi connectivity index (χ4n) is 2.30. The van der Waals surface area contributed by atoms with Crippen molar-refractivity contribution in [3.63, 3.8) is 0 Å². The summed E-state index contributed by atoms with van der Waals surface area (Å²) in [6.07, 6.45) is 2.29. The molecule has 0 aromatic rings. The van der Waals surface area contributed by atoms with E-state index in [-0.39, 0.29) is 4.99 Å². The molecule has 0 aromatic carbocycles. The van der Waals surface area contributed by atoms with Crippen molar-refractivity contribution in [3.05, 3.63) is 0 Å². The van der Waals surface area contributed by atoms with E-state index in [1.807, 2.05) is 0 Å². The second-order valence-electron chi connectivity index (χ2n) is 4.49. The number of rotatable bonds is 5. The van der Waals surface area contributed by atoms with Crippen molar-refractivity contribution < 1.29 is 17.9 Å². The summed E-state index contributed by atoms with van der Waals surface area (Å²) >= 11 is 4.82. The number of nitrogens with two attached hydrogens (primary N) is 1. The zero-order valence-corrected chi connectivity index (χ0v) is 12.8. The van der Waals surface area contributed by atoms with Gasteiger partial charge in [0.1, 0.15) is 11.3 Å². The Morgan fingerprint density at radius 1 is 1.53 bits per heavy atom. The largest absolute Gasteiger partial charge is 0.468 e. The highest BCUT2D eigenvalue weighted by Gasteiger charge is 2.41. The first-order chi connectivity index (χ1) is 8.86. The van der Waals surface area contributed by atoms with Crippen LogP contribution in [0.4, 0.5) is 0 Å². The number of ether oxygens (including phenoxy) is 1. The molecule has 8 heteroatoms. The van der Waals surface area contributed by atoms with Crippen LogP contribution in [-0.4, -0.2) is 48.6 Å². The molecule has 2 atom stereocenters. The Morgan fingerprint density at radius 3 is 2.63 bits per heavy atom. The van der Waals surface area contributed by atoms with Gasteiger partial charge in [0, 0.05) is 6.54 Å². The molecule has 1 heterocycles. The van der Waals surface area contributed by atoms with Gasteiger partial charge in [-0.25, -0.2) is 8.42 Å². The van der Waals surface area contributed by atoms with E-state index in [0.717, 1.165) is 12.8 Å². The lowest BCUT2D eigenvalue weighted by Gasteiger charge is -2.34. The fraction of sp³-hybridized carbons (Fsp3) is 0.818. The third-order valence-corrected chi connectivity index (χ3v) is 6.13. The molecule has 1 aliphatic rings. The smallest absolute Gasteiger partial charge is 0.324 e. The lowest BCUT2D eigenvalue weighted by atomic mass is 10.1. The molecule has 6 nitrogen and oxygen atoms in total. The maximum Gasteiger partial charge on any atom is 0.324 e. The molecular formula is C11H20N2O4S2. The standard InChI is InChI=1S/C11H20N2O4S2/c1-3-9(10(12)18)19(15,16)13-7-5-4-6-8(13)11(14)17-2/h8-9H,3-7H2,1-2H3,(H2,12,18). The Kier molecular flexibility index (Phi) is 5.69. The number of methoxy groups -OCH3 is 1. The first-order valence-corrected chi connectivity index (χ1v) is 8.15. The zero-order valence-electron chi connectivity index (χ0n) is 11.2. The summed E-state index contributed by atoms with van der Waals surface area (Å²) in [7, 11) is -2.45. The van der Waals surface area contributed by atoms with Crippen molar-refractivity contribution in [1.29, 1.82) is 0 Å². The molecule has 0 aromatic heterocycles. The van der Waals surface area contributed by atoms with Gasteiger partial charge in [0.2, 0.25) is 10.0 Å². The van der Waals surface area contributed by atoms with Crippen LogP contribution in [0.5, 0.6) is 0 Å². The predicted octanol–water partition coefficient (Wildman–Crippen LogP) is 0.408. The minimum Gasteiger partial charge on any atom is -0.468 e. The molecule has 1 rings (SSSR count). The summed E-state index contributed by atoms with van der Waals surface area (Å²) in [6, 6.07) is -0.757. The van der Waals surface area contributed by atoms with Crippen molar-refractivity contribution >= 4 is 33.2 Å². The van der Waals surface area contributed by atoms with Gasteiger partial charge in [-0.15, -0.1) is 0 Å². The lowest BCUT2D eigenvalue weighted by molar-refractivity contribution is -0.146. The molecule has 1 fully saturated rings. The number of sulfonamides is 1. The van der Waals surface area contributed by atoms with Gasteiger partial charge < -0.3 is 10.5 Å². The van der Waals surface area contributed by atoms with Crippen LogP contribution in [0.25, 0.3) is 0 Å². The molecule has 1 aliphatic heterocycles. The van der Waals surface area contributed by atoms with Crippen molar-refractivity contribution in [3.8, 4) is 0 Å². The number of carbonyl (C=O) groups excluding carboxylic acids is 1. The van der Waals surface area contributed by atoms with Crippen LogP contribution in [-0.2, 0) is 19.6 Å². The third-order valence-electron chi connectivity index (χ3n) is 3.30. The molecule has 110 valence electrons. The number of carbonyl (C=O) groups is 1. The number of esters is 1. The highest BCUT2D eigenvalue weighted by Crippen LogP contribution is 2.25. The molecule has 2 unspecified atom stereocenters. The second-order valence-corrected chi connectivity index (χ2v) is 7.03. The quantitative estimate of drug-likeness (QED) is 0.584. The van der Waals surface area contributed by atoms with Gasteiger partial charge in [-0.05, 0) is 25.7 Å². The van der Waals surface area contributed by atoms with Crippen LogP contribution in [0.2, 0.25) is 0 Å². The van der Waals surface area contributed by atoms with Crippen molar-refractivity contribution in [1.82, 2.24) is 4.31 Å². The fourth-order valence-corrected chi connectivity index (χ4v) is 4.81. The van der Waals surface area contributed by atoms with Crippen molar-refractivity contribution in [2.45, 2.75) is 43.9 Å². The topological polar surface area (TPSA) is 89.7 Å². The minimum atomic E-state index is -3.71. The van der Waals surface area contributed by atoms with Crippen LogP contribution in [0, 0.1) is 0 Å². The summed E-state index contributed by atoms with van der Waals surface area (Å²) in [5.74, 6) is -0.527. The highest BCUT2D eigenvalue weighted by molar-refractivity contribution is 7.92. The molecule has 1 saturated heterocycles. The Hall–Kier alpha value is -0.730. The molecule has 2 N–H and O–H groups in total. The lowest BCUT2D eigenvalue weighted by Crippen LogP contribution is -2.53. The Morgan fingerprint density at radius 2 is 2.16 bits per heavy atom. The SMILES string of the molecule is CCC(C(N)=S)S(=O)(=O)N1CCCCC1C(=O)OC. The monoisotopic (exact) mass is 308 g/mol. The Balaban J connectivity index is 3.08. The second kappa shape index (κ2) is 6.62. The van der Waals surface area contributed by atoms with Gasteiger partial charge >= 0.3 is 5.97 Å². The maximum atomic E-state index is 12.5. The van der Waals surface area contributed by atoms with E-state index >= 15 is 0 Å². The van der Waals surface area contributed by atoms with E-state index < -0.39 is 27.3 Å². The summed E-state index contributed by atoms with van der Waals surface area (Å²) < 4.78 is 31.0. The number of nitrogens with zero attached hydrogens (tertiary/aromatic N) is 1. The van der Waals surface area contributed by atoms with Gasteiger partial charge in [0.15, 0.2) is 0 Å². The van der Waals surface area contributed by atoms with Crippen LogP contribution in [0.1, 0.15) is 32.6 Å². The molecule has 0 spiro atoms. The summed E-state index contributed by atoms with van der Waals surface area (Å²) in [4.78, 5) is 11.7. The maximum absolute atomic E-state index is 12.5. The third kappa shape index (κ3) is 3.43. The van der Waals surface area contributed by atoms with Gasteiger partial charge in [-0.3, -0.25) is 4.79 Å². The minimum absolute atomic E-state index is 0.0586. The number of thiocarbonyl (C=S) groups is 1. The molecule has 19 heavy (non-hydrogen) atoms. The van der Waals surface area contributed by atoms with Gasteiger partial charge in [-0.2, -0.15) is 4.31 Å². The van der Waals surface area contributed by atoms with Crippen LogP contribution < -0.4 is 5.73 Å². The summed E-state index contributed by atoms with van der Waals surface area (Å²) in [5.41, 5.74) is 5.50. The molecule has 0 saturated carbocycles. The Bertz CT molecular complexity index is 450. The van der Waals surface area contributed by atoms with Crippen LogP contribution >= 0.6 is 12.2 Å². The van der Waals surface area contributed by atoms with E-state index in [1.165, 1.54) is 11.4 Å². The average Bonchev–Trinajstić information content (AvgIpc) is 2.37. The average molecular weight is 308 g/mol. The zero-order chi connectivity index (χ0) is 14.6. The van der Waals surface area contributed by atoms with Crippen molar-refractivity contribution in [2.75, 3.05) is 13.7 Å².